The van der Waals surface area contributed by atoms with E-state index in [2.05, 4.69) is 15.7 Å². The second-order valence-electron chi connectivity index (χ2n) is 3.44. The van der Waals surface area contributed by atoms with Crippen molar-refractivity contribution >= 4 is 11.7 Å². The summed E-state index contributed by atoms with van der Waals surface area (Å²) in [5, 5.41) is 2.60. The highest BCUT2D eigenvalue weighted by molar-refractivity contribution is 5.70. The Bertz CT molecular complexity index is 526. The highest BCUT2D eigenvalue weighted by Crippen LogP contribution is 2.07. The third-order valence-corrected chi connectivity index (χ3v) is 2.14. The van der Waals surface area contributed by atoms with Gasteiger partial charge in [-0.3, -0.25) is 0 Å². The molecular weight excluding hydrogens is 230 g/mol. The number of amidine groups is 1. The van der Waals surface area contributed by atoms with Crippen molar-refractivity contribution in [2.75, 3.05) is 0 Å². The van der Waals surface area contributed by atoms with Gasteiger partial charge in [-0.25, -0.2) is 4.99 Å². The fraction of sp³-hybridized carbons (Fsp3) is 0. The van der Waals surface area contributed by atoms with Gasteiger partial charge in [0.25, 0.3) is 0 Å². The molecule has 5 nitrogen and oxygen atoms in total. The van der Waals surface area contributed by atoms with Crippen LogP contribution in [0.1, 0.15) is 0 Å². The summed E-state index contributed by atoms with van der Waals surface area (Å²) in [6, 6.07) is 18.6. The average Bonchev–Trinajstić information content (AvgIpc) is 2.41. The maximum Gasteiger partial charge on any atom is 0.481 e. The van der Waals surface area contributed by atoms with Crippen molar-refractivity contribution in [3.05, 3.63) is 65.6 Å². The molecule has 2 rings (SSSR count). The van der Waals surface area contributed by atoms with Crippen LogP contribution in [0, 0.1) is 4.91 Å². The molecule has 0 atom stereocenters. The average molecular weight is 242 g/mol. The molecule has 0 radical (unpaired) electrons. The van der Waals surface area contributed by atoms with E-state index in [0.29, 0.717) is 5.75 Å². The first-order valence-electron chi connectivity index (χ1n) is 5.39. The Morgan fingerprint density at radius 3 is 2.22 bits per heavy atom. The highest BCUT2D eigenvalue weighted by Gasteiger charge is 2.10. The first kappa shape index (κ1) is 11.8. The second kappa shape index (κ2) is 6.15. The van der Waals surface area contributed by atoms with Crippen molar-refractivity contribution in [2.45, 2.75) is 0 Å². The van der Waals surface area contributed by atoms with Gasteiger partial charge >= 0.3 is 6.02 Å². The van der Waals surface area contributed by atoms with E-state index in [1.807, 2.05) is 48.5 Å². The molecule has 0 amide bonds. The summed E-state index contributed by atoms with van der Waals surface area (Å²) in [6.07, 6.45) is 0. The summed E-state index contributed by atoms with van der Waals surface area (Å²) in [5.41, 5.74) is 3.02. The van der Waals surface area contributed by atoms with E-state index in [1.165, 1.54) is 0 Å². The Hall–Kier alpha value is -2.69. The molecule has 2 aromatic rings. The van der Waals surface area contributed by atoms with Gasteiger partial charge in [0.1, 0.15) is 11.4 Å². The zero-order valence-electron chi connectivity index (χ0n) is 9.54. The molecule has 0 aliphatic carbocycles. The monoisotopic (exact) mass is 242 g/mol. The zero-order chi connectivity index (χ0) is 12.6. The third-order valence-electron chi connectivity index (χ3n) is 2.14. The fourth-order valence-electron chi connectivity index (χ4n) is 1.38. The van der Waals surface area contributed by atoms with Crippen LogP contribution in [-0.2, 0) is 0 Å². The molecule has 5 heteroatoms. The van der Waals surface area contributed by atoms with Crippen molar-refractivity contribution in [2.24, 2.45) is 5.29 Å². The van der Waals surface area contributed by atoms with Crippen LogP contribution in [0.5, 0.6) is 5.75 Å². The van der Waals surface area contributed by atoms with E-state index in [0.717, 1.165) is 5.69 Å². The van der Waals surface area contributed by atoms with E-state index in [-0.39, 0.29) is 6.02 Å². The Morgan fingerprint density at radius 1 is 1.00 bits per heavy atom. The van der Waals surface area contributed by atoms with Crippen molar-refractivity contribution in [1.29, 1.82) is 0 Å². The first-order valence-corrected chi connectivity index (χ1v) is 5.39. The number of nitrogens with zero attached hydrogens (tertiary/aromatic N) is 1. The van der Waals surface area contributed by atoms with Gasteiger partial charge in [0, 0.05) is 0 Å². The summed E-state index contributed by atoms with van der Waals surface area (Å²) in [6.45, 7) is 0. The van der Waals surface area contributed by atoms with Crippen LogP contribution >= 0.6 is 0 Å². The number of hydrogen-bond donors (Lipinski definition) is 2. The van der Waals surface area contributed by atoms with Crippen LogP contribution in [0.3, 0.4) is 0 Å². The topological polar surface area (TPSA) is 64.7 Å². The molecule has 0 heterocycles. The molecule has 0 fully saturated rings. The molecule has 0 aliphatic heterocycles. The van der Waals surface area contributed by atoms with Crippen LogP contribution < -0.4 is 15.2 Å². The Labute approximate surface area is 104 Å². The van der Waals surface area contributed by atoms with Gasteiger partial charge in [-0.2, -0.15) is 0 Å². The molecule has 0 unspecified atom stereocenters. The van der Waals surface area contributed by atoms with Gasteiger partial charge < -0.3 is 4.74 Å². The molecule has 0 aromatic heterocycles. The minimum absolute atomic E-state index is 0.155. The van der Waals surface area contributed by atoms with Gasteiger partial charge in [-0.1, -0.05) is 41.8 Å². The van der Waals surface area contributed by atoms with Gasteiger partial charge in [0.2, 0.25) is 0 Å². The minimum Gasteiger partial charge on any atom is -0.390 e. The van der Waals surface area contributed by atoms with Crippen LogP contribution in [0.25, 0.3) is 0 Å². The molecule has 0 saturated heterocycles. The number of para-hydroxylation sites is 2. The number of nitrogens with one attached hydrogen (secondary N) is 2. The Kier molecular flexibility index (Phi) is 4.02. The van der Waals surface area contributed by atoms with Gasteiger partial charge in [0.15, 0.2) is 5.29 Å². The normalized spacial score (nSPS) is 10.8. The summed E-state index contributed by atoms with van der Waals surface area (Å²) < 4.78 is 5.46. The van der Waals surface area contributed by atoms with Crippen LogP contribution in [0.15, 0.2) is 65.9 Å². The third kappa shape index (κ3) is 3.41. The van der Waals surface area contributed by atoms with Crippen LogP contribution in [-0.4, -0.2) is 6.02 Å². The second-order valence-corrected chi connectivity index (χ2v) is 3.44. The van der Waals surface area contributed by atoms with E-state index in [4.69, 9.17) is 4.74 Å². The number of nitroso groups, excluding NO2 is 1. The van der Waals surface area contributed by atoms with Crippen molar-refractivity contribution in [1.82, 2.24) is 5.43 Å². The predicted octanol–water partition coefficient (Wildman–Crippen LogP) is 1.10. The lowest BCUT2D eigenvalue weighted by molar-refractivity contribution is -0.367. The maximum absolute atomic E-state index is 10.3. The summed E-state index contributed by atoms with van der Waals surface area (Å²) in [4.78, 5) is 13.2. The summed E-state index contributed by atoms with van der Waals surface area (Å²) in [5.74, 6) is 0.604. The molecule has 2 aromatic carbocycles. The Balaban J connectivity index is 2.18. The standard InChI is InChI=1S/C13H11N3O2/c17-16-15-13(14-11-7-3-1-4-8-11)18-12-9-5-2-6-10-12/h1-10H,(H,14,15,17)/p+1. The summed E-state index contributed by atoms with van der Waals surface area (Å²) in [7, 11) is 0. The van der Waals surface area contributed by atoms with Crippen LogP contribution in [0.4, 0.5) is 5.69 Å². The number of rotatable bonds is 3. The maximum atomic E-state index is 10.3. The van der Waals surface area contributed by atoms with Gasteiger partial charge in [-0.15, -0.1) is 4.91 Å². The van der Waals surface area contributed by atoms with Crippen molar-refractivity contribution < 1.29 is 9.73 Å². The quantitative estimate of drug-likeness (QED) is 0.367. The number of ether oxygens (including phenoxy) is 1. The molecule has 90 valence electrons. The lowest BCUT2D eigenvalue weighted by atomic mass is 10.3. The van der Waals surface area contributed by atoms with E-state index < -0.39 is 0 Å². The molecule has 2 N–H and O–H groups in total. The van der Waals surface area contributed by atoms with Crippen molar-refractivity contribution in [3.8, 4) is 5.75 Å². The molecular formula is C13H12N3O2+. The van der Waals surface area contributed by atoms with E-state index in [9.17, 15) is 4.91 Å². The summed E-state index contributed by atoms with van der Waals surface area (Å²) >= 11 is 0. The first-order chi connectivity index (χ1) is 8.88. The van der Waals surface area contributed by atoms with Crippen LogP contribution in [0.2, 0.25) is 0 Å². The van der Waals surface area contributed by atoms with Gasteiger partial charge in [-0.05, 0) is 24.3 Å². The molecule has 0 spiro atoms. The molecule has 18 heavy (non-hydrogen) atoms. The van der Waals surface area contributed by atoms with E-state index >= 15 is 0 Å². The molecule has 0 aliphatic rings. The Morgan fingerprint density at radius 2 is 1.61 bits per heavy atom. The number of benzene rings is 2. The SMILES string of the molecule is O=NNC(=[NH+]c1ccccc1)Oc1ccccc1. The largest absolute Gasteiger partial charge is 0.481 e. The molecule has 0 saturated carbocycles. The predicted molar refractivity (Wildman–Crippen MR) is 68.1 cm³/mol. The lowest BCUT2D eigenvalue weighted by Crippen LogP contribution is -2.71. The van der Waals surface area contributed by atoms with E-state index in [1.54, 1.807) is 12.1 Å². The zero-order valence-corrected chi connectivity index (χ0v) is 9.54. The molecule has 0 bridgehead atoms. The lowest BCUT2D eigenvalue weighted by Gasteiger charge is -2.00. The number of hydrogen-bond acceptors (Lipinski definition) is 3. The minimum atomic E-state index is 0.155. The van der Waals surface area contributed by atoms with Gasteiger partial charge in [0.05, 0.1) is 0 Å². The van der Waals surface area contributed by atoms with Crippen molar-refractivity contribution in [3.63, 3.8) is 0 Å². The highest BCUT2D eigenvalue weighted by atomic mass is 16.5. The smallest absolute Gasteiger partial charge is 0.390 e. The fourth-order valence-corrected chi connectivity index (χ4v) is 1.38.